The standard InChI is InChI=1S/C19H24FN3O2/c1-13(2)25-12-16-10-14(5-6-17(16)20)19(24)23-9-3-4-15(11-23)18-7-8-21-22-18/h5-8,10,13,15H,3-4,9,11-12H2,1-2H3,(H,21,22)/t15-/m0/s1. The molecule has 2 heterocycles. The van der Waals surface area contributed by atoms with Gasteiger partial charge in [0.1, 0.15) is 5.82 Å². The van der Waals surface area contributed by atoms with Gasteiger partial charge in [-0.05, 0) is 51.0 Å². The van der Waals surface area contributed by atoms with Gasteiger partial charge in [0.25, 0.3) is 5.91 Å². The molecule has 1 amide bonds. The van der Waals surface area contributed by atoms with E-state index in [1.165, 1.54) is 6.07 Å². The van der Waals surface area contributed by atoms with Crippen molar-refractivity contribution in [3.63, 3.8) is 0 Å². The molecule has 0 unspecified atom stereocenters. The third-order valence-electron chi connectivity index (χ3n) is 4.54. The van der Waals surface area contributed by atoms with Gasteiger partial charge in [0.2, 0.25) is 0 Å². The molecule has 1 fully saturated rings. The van der Waals surface area contributed by atoms with Gasteiger partial charge >= 0.3 is 0 Å². The molecule has 1 N–H and O–H groups in total. The second kappa shape index (κ2) is 7.78. The maximum absolute atomic E-state index is 14.0. The minimum atomic E-state index is -0.341. The number of carbonyl (C=O) groups excluding carboxylic acids is 1. The number of aromatic nitrogens is 2. The number of nitrogens with one attached hydrogen (secondary N) is 1. The Morgan fingerprint density at radius 3 is 3.00 bits per heavy atom. The Hall–Kier alpha value is -2.21. The molecule has 3 rings (SSSR count). The van der Waals surface area contributed by atoms with Gasteiger partial charge in [-0.15, -0.1) is 0 Å². The zero-order valence-corrected chi connectivity index (χ0v) is 14.7. The van der Waals surface area contributed by atoms with Crippen LogP contribution < -0.4 is 0 Å². The number of likely N-dealkylation sites (tertiary alicyclic amines) is 1. The molecule has 1 atom stereocenters. The molecule has 0 aliphatic carbocycles. The highest BCUT2D eigenvalue weighted by Crippen LogP contribution is 2.26. The summed E-state index contributed by atoms with van der Waals surface area (Å²) in [4.78, 5) is 14.7. The third kappa shape index (κ3) is 4.25. The minimum Gasteiger partial charge on any atom is -0.374 e. The van der Waals surface area contributed by atoms with Crippen LogP contribution in [0.25, 0.3) is 0 Å². The first-order valence-electron chi connectivity index (χ1n) is 8.73. The van der Waals surface area contributed by atoms with E-state index >= 15 is 0 Å². The van der Waals surface area contributed by atoms with Crippen molar-refractivity contribution in [3.8, 4) is 0 Å². The Bertz CT molecular complexity index is 715. The Morgan fingerprint density at radius 1 is 1.44 bits per heavy atom. The first-order valence-corrected chi connectivity index (χ1v) is 8.73. The Balaban J connectivity index is 1.72. The lowest BCUT2D eigenvalue weighted by Gasteiger charge is -2.32. The zero-order valence-electron chi connectivity index (χ0n) is 14.7. The van der Waals surface area contributed by atoms with Crippen LogP contribution in [0.15, 0.2) is 30.5 Å². The summed E-state index contributed by atoms with van der Waals surface area (Å²) in [7, 11) is 0. The molecule has 134 valence electrons. The molecule has 25 heavy (non-hydrogen) atoms. The molecular formula is C19H24FN3O2. The average molecular weight is 345 g/mol. The highest BCUT2D eigenvalue weighted by molar-refractivity contribution is 5.94. The van der Waals surface area contributed by atoms with Crippen LogP contribution in [0.2, 0.25) is 0 Å². The van der Waals surface area contributed by atoms with E-state index in [9.17, 15) is 9.18 Å². The first kappa shape index (κ1) is 17.6. The number of piperidine rings is 1. The Kier molecular flexibility index (Phi) is 5.48. The van der Waals surface area contributed by atoms with Crippen LogP contribution in [-0.4, -0.2) is 40.2 Å². The number of ether oxygens (including phenoxy) is 1. The van der Waals surface area contributed by atoms with Gasteiger partial charge in [-0.3, -0.25) is 9.89 Å². The Labute approximate surface area is 147 Å². The highest BCUT2D eigenvalue weighted by atomic mass is 19.1. The van der Waals surface area contributed by atoms with Crippen molar-refractivity contribution in [3.05, 3.63) is 53.1 Å². The van der Waals surface area contributed by atoms with E-state index in [1.807, 2.05) is 24.8 Å². The van der Waals surface area contributed by atoms with Crippen molar-refractivity contribution >= 4 is 5.91 Å². The van der Waals surface area contributed by atoms with Crippen LogP contribution in [0, 0.1) is 5.82 Å². The van der Waals surface area contributed by atoms with Gasteiger partial charge in [-0.25, -0.2) is 4.39 Å². The zero-order chi connectivity index (χ0) is 17.8. The smallest absolute Gasteiger partial charge is 0.253 e. The van der Waals surface area contributed by atoms with E-state index in [0.29, 0.717) is 17.7 Å². The van der Waals surface area contributed by atoms with E-state index in [0.717, 1.165) is 25.1 Å². The molecule has 1 aliphatic heterocycles. The maximum atomic E-state index is 14.0. The highest BCUT2D eigenvalue weighted by Gasteiger charge is 2.26. The van der Waals surface area contributed by atoms with E-state index in [4.69, 9.17) is 4.74 Å². The van der Waals surface area contributed by atoms with Gasteiger partial charge in [0.05, 0.1) is 12.7 Å². The predicted octanol–water partition coefficient (Wildman–Crippen LogP) is 3.49. The molecule has 1 aliphatic rings. The van der Waals surface area contributed by atoms with E-state index in [1.54, 1.807) is 18.3 Å². The summed E-state index contributed by atoms with van der Waals surface area (Å²) >= 11 is 0. The fourth-order valence-corrected chi connectivity index (χ4v) is 3.17. The number of rotatable bonds is 5. The summed E-state index contributed by atoms with van der Waals surface area (Å²) in [5.41, 5.74) is 1.98. The normalized spacial score (nSPS) is 17.9. The van der Waals surface area contributed by atoms with Crippen LogP contribution in [0.4, 0.5) is 4.39 Å². The SMILES string of the molecule is CC(C)OCc1cc(C(=O)N2CCC[C@H](c3ccn[nH]3)C2)ccc1F. The van der Waals surface area contributed by atoms with Gasteiger partial charge in [-0.2, -0.15) is 5.10 Å². The van der Waals surface area contributed by atoms with Crippen LogP contribution in [-0.2, 0) is 11.3 Å². The molecule has 6 heteroatoms. The molecule has 2 aromatic rings. The lowest BCUT2D eigenvalue weighted by molar-refractivity contribution is 0.0636. The molecule has 1 aromatic carbocycles. The molecule has 0 bridgehead atoms. The largest absolute Gasteiger partial charge is 0.374 e. The fraction of sp³-hybridized carbons (Fsp3) is 0.474. The van der Waals surface area contributed by atoms with Crippen molar-refractivity contribution in [2.75, 3.05) is 13.1 Å². The van der Waals surface area contributed by atoms with E-state index in [2.05, 4.69) is 10.2 Å². The van der Waals surface area contributed by atoms with E-state index in [-0.39, 0.29) is 30.4 Å². The van der Waals surface area contributed by atoms with Crippen molar-refractivity contribution in [2.45, 2.75) is 45.3 Å². The molecule has 0 saturated carbocycles. The predicted molar refractivity (Wildman–Crippen MR) is 92.8 cm³/mol. The molecule has 0 spiro atoms. The van der Waals surface area contributed by atoms with Crippen molar-refractivity contribution < 1.29 is 13.9 Å². The first-order chi connectivity index (χ1) is 12.0. The van der Waals surface area contributed by atoms with Crippen molar-refractivity contribution in [1.82, 2.24) is 15.1 Å². The van der Waals surface area contributed by atoms with Gasteiger partial charge < -0.3 is 9.64 Å². The summed E-state index contributed by atoms with van der Waals surface area (Å²) in [5.74, 6) is -0.134. The molecule has 5 nitrogen and oxygen atoms in total. The van der Waals surface area contributed by atoms with Crippen molar-refractivity contribution in [1.29, 1.82) is 0 Å². The number of hydrogen-bond acceptors (Lipinski definition) is 3. The number of carbonyl (C=O) groups is 1. The quantitative estimate of drug-likeness (QED) is 0.902. The molecular weight excluding hydrogens is 321 g/mol. The number of hydrogen-bond donors (Lipinski definition) is 1. The van der Waals surface area contributed by atoms with Gasteiger partial charge in [-0.1, -0.05) is 0 Å². The monoisotopic (exact) mass is 345 g/mol. The minimum absolute atomic E-state index is 0.0102. The summed E-state index contributed by atoms with van der Waals surface area (Å²) in [5, 5.41) is 6.99. The fourth-order valence-electron chi connectivity index (χ4n) is 3.17. The van der Waals surface area contributed by atoms with Crippen molar-refractivity contribution in [2.24, 2.45) is 0 Å². The number of benzene rings is 1. The molecule has 1 aromatic heterocycles. The number of aromatic amines is 1. The number of amides is 1. The number of H-pyrrole nitrogens is 1. The maximum Gasteiger partial charge on any atom is 0.253 e. The third-order valence-corrected chi connectivity index (χ3v) is 4.54. The van der Waals surface area contributed by atoms with Gasteiger partial charge in [0.15, 0.2) is 0 Å². The summed E-state index contributed by atoms with van der Waals surface area (Å²) in [6.07, 6.45) is 3.72. The van der Waals surface area contributed by atoms with Crippen LogP contribution in [0.1, 0.15) is 54.2 Å². The molecule has 0 radical (unpaired) electrons. The second-order valence-corrected chi connectivity index (χ2v) is 6.77. The summed E-state index contributed by atoms with van der Waals surface area (Å²) < 4.78 is 19.4. The van der Waals surface area contributed by atoms with Crippen LogP contribution >= 0.6 is 0 Å². The van der Waals surface area contributed by atoms with E-state index < -0.39 is 0 Å². The van der Waals surface area contributed by atoms with Gasteiger partial charge in [0, 0.05) is 42.0 Å². The molecule has 1 saturated heterocycles. The number of halogens is 1. The summed E-state index contributed by atoms with van der Waals surface area (Å²) in [6, 6.07) is 6.47. The average Bonchev–Trinajstić information content (AvgIpc) is 3.15. The van der Waals surface area contributed by atoms with Crippen LogP contribution in [0.5, 0.6) is 0 Å². The number of nitrogens with zero attached hydrogens (tertiary/aromatic N) is 2. The topological polar surface area (TPSA) is 58.2 Å². The summed E-state index contributed by atoms with van der Waals surface area (Å²) in [6.45, 7) is 5.34. The Morgan fingerprint density at radius 2 is 2.28 bits per heavy atom. The lowest BCUT2D eigenvalue weighted by Crippen LogP contribution is -2.39. The van der Waals surface area contributed by atoms with Crippen LogP contribution in [0.3, 0.4) is 0 Å². The second-order valence-electron chi connectivity index (χ2n) is 6.77. The lowest BCUT2D eigenvalue weighted by atomic mass is 9.94.